The number of carbonyl (C=O) groups excluding carboxylic acids is 1. The summed E-state index contributed by atoms with van der Waals surface area (Å²) in [7, 11) is 0. The predicted octanol–water partition coefficient (Wildman–Crippen LogP) is 3.21. The lowest BCUT2D eigenvalue weighted by Crippen LogP contribution is -2.23. The van der Waals surface area contributed by atoms with Crippen LogP contribution < -0.4 is 15.0 Å². The lowest BCUT2D eigenvalue weighted by Gasteiger charge is -2.16. The van der Waals surface area contributed by atoms with Crippen molar-refractivity contribution in [2.45, 2.75) is 26.0 Å². The molecule has 1 N–H and O–H groups in total. The number of aromatic nitrogens is 1. The van der Waals surface area contributed by atoms with Crippen LogP contribution in [-0.4, -0.2) is 30.6 Å². The number of ether oxygens (including phenoxy) is 1. The van der Waals surface area contributed by atoms with E-state index in [4.69, 9.17) is 0 Å². The topological polar surface area (TPSA) is 54.5 Å². The second-order valence-corrected chi connectivity index (χ2v) is 5.81. The highest BCUT2D eigenvalue weighted by Crippen LogP contribution is 2.18. The first-order chi connectivity index (χ1) is 12.1. The molecule has 1 aliphatic heterocycles. The van der Waals surface area contributed by atoms with Gasteiger partial charge in [0.2, 0.25) is 0 Å². The third-order valence-corrected chi connectivity index (χ3v) is 4.01. The van der Waals surface area contributed by atoms with Gasteiger partial charge in [0.15, 0.2) is 0 Å². The molecule has 0 bridgehead atoms. The van der Waals surface area contributed by atoms with Gasteiger partial charge in [0.1, 0.15) is 11.6 Å². The molecule has 3 rings (SSSR count). The Labute approximate surface area is 144 Å². The summed E-state index contributed by atoms with van der Waals surface area (Å²) in [6.45, 7) is -0.551. The number of pyridine rings is 1. The molecule has 0 unspecified atom stereocenters. The van der Waals surface area contributed by atoms with Crippen molar-refractivity contribution < 1.29 is 18.3 Å². The summed E-state index contributed by atoms with van der Waals surface area (Å²) in [6, 6.07) is 9.59. The number of hydrogen-bond donors (Lipinski definition) is 1. The van der Waals surface area contributed by atoms with Crippen molar-refractivity contribution >= 4 is 11.7 Å². The maximum absolute atomic E-state index is 12.2. The van der Waals surface area contributed by atoms with Gasteiger partial charge >= 0.3 is 6.61 Å². The van der Waals surface area contributed by atoms with Crippen molar-refractivity contribution in [3.8, 4) is 5.75 Å². The number of alkyl halides is 2. The first-order valence-electron chi connectivity index (χ1n) is 8.15. The molecule has 2 heterocycles. The fourth-order valence-electron chi connectivity index (χ4n) is 2.75. The van der Waals surface area contributed by atoms with Crippen LogP contribution in [0, 0.1) is 0 Å². The molecule has 2 aromatic rings. The standard InChI is InChI=1S/C18H19F2N3O2/c19-18(20)25-15-5-3-4-14(10-15)17(24)22-12-13-6-7-16(21-11-13)23-8-1-2-9-23/h3-7,10-11,18H,1-2,8-9,12H2,(H,22,24). The van der Waals surface area contributed by atoms with Crippen molar-refractivity contribution in [1.82, 2.24) is 10.3 Å². The van der Waals surface area contributed by atoms with E-state index in [1.54, 1.807) is 12.3 Å². The molecule has 0 radical (unpaired) electrons. The van der Waals surface area contributed by atoms with Gasteiger partial charge in [-0.3, -0.25) is 4.79 Å². The molecule has 0 aliphatic carbocycles. The van der Waals surface area contributed by atoms with Crippen LogP contribution in [0.2, 0.25) is 0 Å². The van der Waals surface area contributed by atoms with Gasteiger partial charge in [-0.25, -0.2) is 4.98 Å². The molecule has 1 fully saturated rings. The monoisotopic (exact) mass is 347 g/mol. The molecule has 0 atom stereocenters. The summed E-state index contributed by atoms with van der Waals surface area (Å²) in [5, 5.41) is 2.75. The van der Waals surface area contributed by atoms with Crippen molar-refractivity contribution in [2.75, 3.05) is 18.0 Å². The Kier molecular flexibility index (Phi) is 5.42. The fourth-order valence-corrected chi connectivity index (χ4v) is 2.75. The van der Waals surface area contributed by atoms with E-state index in [-0.39, 0.29) is 17.2 Å². The molecule has 5 nitrogen and oxygen atoms in total. The SMILES string of the molecule is O=C(NCc1ccc(N2CCCC2)nc1)c1cccc(OC(F)F)c1. The van der Waals surface area contributed by atoms with E-state index in [9.17, 15) is 13.6 Å². The Hall–Kier alpha value is -2.70. The van der Waals surface area contributed by atoms with Crippen LogP contribution in [0.25, 0.3) is 0 Å². The molecule has 1 amide bonds. The van der Waals surface area contributed by atoms with Crippen LogP contribution in [0.5, 0.6) is 5.75 Å². The number of rotatable bonds is 6. The summed E-state index contributed by atoms with van der Waals surface area (Å²) in [5.41, 5.74) is 1.14. The minimum atomic E-state index is -2.92. The van der Waals surface area contributed by atoms with E-state index in [1.807, 2.05) is 12.1 Å². The molecule has 1 aromatic carbocycles. The van der Waals surface area contributed by atoms with Crippen LogP contribution in [0.15, 0.2) is 42.6 Å². The number of benzene rings is 1. The molecule has 132 valence electrons. The molecule has 1 aliphatic rings. The molecule has 25 heavy (non-hydrogen) atoms. The van der Waals surface area contributed by atoms with Gasteiger partial charge in [-0.2, -0.15) is 8.78 Å². The van der Waals surface area contributed by atoms with Gasteiger partial charge in [-0.05, 0) is 42.7 Å². The lowest BCUT2D eigenvalue weighted by atomic mass is 10.2. The average Bonchev–Trinajstić information content (AvgIpc) is 3.14. The Bertz CT molecular complexity index is 717. The van der Waals surface area contributed by atoms with E-state index < -0.39 is 6.61 Å². The summed E-state index contributed by atoms with van der Waals surface area (Å²) in [6.07, 6.45) is 4.12. The third kappa shape index (κ3) is 4.65. The lowest BCUT2D eigenvalue weighted by molar-refractivity contribution is -0.0498. The van der Waals surface area contributed by atoms with Crippen LogP contribution >= 0.6 is 0 Å². The fraction of sp³-hybridized carbons (Fsp3) is 0.333. The van der Waals surface area contributed by atoms with Crippen molar-refractivity contribution in [2.24, 2.45) is 0 Å². The average molecular weight is 347 g/mol. The number of nitrogens with one attached hydrogen (secondary N) is 1. The zero-order valence-electron chi connectivity index (χ0n) is 13.6. The second kappa shape index (κ2) is 7.92. The first kappa shape index (κ1) is 17.1. The molecule has 0 saturated carbocycles. The van der Waals surface area contributed by atoms with Crippen molar-refractivity contribution in [1.29, 1.82) is 0 Å². The maximum atomic E-state index is 12.2. The smallest absolute Gasteiger partial charge is 0.387 e. The number of carbonyl (C=O) groups is 1. The Morgan fingerprint density at radius 1 is 1.24 bits per heavy atom. The third-order valence-electron chi connectivity index (χ3n) is 4.01. The number of nitrogens with zero attached hydrogens (tertiary/aromatic N) is 2. The Morgan fingerprint density at radius 2 is 2.04 bits per heavy atom. The van der Waals surface area contributed by atoms with Gasteiger partial charge < -0.3 is 15.0 Å². The second-order valence-electron chi connectivity index (χ2n) is 5.81. The quantitative estimate of drug-likeness (QED) is 0.872. The van der Waals surface area contributed by atoms with Crippen molar-refractivity contribution in [3.05, 3.63) is 53.7 Å². The molecule has 1 aromatic heterocycles. The number of anilines is 1. The molecule has 0 spiro atoms. The normalized spacial score (nSPS) is 14.0. The van der Waals surface area contributed by atoms with E-state index in [1.165, 1.54) is 31.0 Å². The Balaban J connectivity index is 1.56. The molecular weight excluding hydrogens is 328 g/mol. The van der Waals surface area contributed by atoms with Gasteiger partial charge in [-0.15, -0.1) is 0 Å². The first-order valence-corrected chi connectivity index (χ1v) is 8.15. The number of amides is 1. The molecule has 1 saturated heterocycles. The zero-order valence-corrected chi connectivity index (χ0v) is 13.6. The van der Waals surface area contributed by atoms with Gasteiger partial charge in [0, 0.05) is 31.4 Å². The van der Waals surface area contributed by atoms with E-state index in [0.29, 0.717) is 6.54 Å². The summed E-state index contributed by atoms with van der Waals surface area (Å²) in [5.74, 6) is 0.548. The van der Waals surface area contributed by atoms with E-state index >= 15 is 0 Å². The minimum Gasteiger partial charge on any atom is -0.435 e. The maximum Gasteiger partial charge on any atom is 0.387 e. The van der Waals surface area contributed by atoms with E-state index in [0.717, 1.165) is 24.5 Å². The zero-order chi connectivity index (χ0) is 17.6. The highest BCUT2D eigenvalue weighted by Gasteiger charge is 2.13. The van der Waals surface area contributed by atoms with Crippen molar-refractivity contribution in [3.63, 3.8) is 0 Å². The highest BCUT2D eigenvalue weighted by atomic mass is 19.3. The van der Waals surface area contributed by atoms with E-state index in [2.05, 4.69) is 19.9 Å². The van der Waals surface area contributed by atoms with Crippen LogP contribution in [0.1, 0.15) is 28.8 Å². The number of halogens is 2. The molecule has 7 heteroatoms. The van der Waals surface area contributed by atoms with Crippen LogP contribution in [-0.2, 0) is 6.54 Å². The van der Waals surface area contributed by atoms with Gasteiger partial charge in [-0.1, -0.05) is 12.1 Å². The van der Waals surface area contributed by atoms with Crippen LogP contribution in [0.4, 0.5) is 14.6 Å². The molecular formula is C18H19F2N3O2. The Morgan fingerprint density at radius 3 is 2.72 bits per heavy atom. The van der Waals surface area contributed by atoms with Gasteiger partial charge in [0.05, 0.1) is 0 Å². The largest absolute Gasteiger partial charge is 0.435 e. The summed E-state index contributed by atoms with van der Waals surface area (Å²) < 4.78 is 28.8. The highest BCUT2D eigenvalue weighted by molar-refractivity contribution is 5.94. The summed E-state index contributed by atoms with van der Waals surface area (Å²) >= 11 is 0. The minimum absolute atomic E-state index is 0.0423. The van der Waals surface area contributed by atoms with Crippen LogP contribution in [0.3, 0.4) is 0 Å². The predicted molar refractivity (Wildman–Crippen MR) is 89.9 cm³/mol. The van der Waals surface area contributed by atoms with Gasteiger partial charge in [0.25, 0.3) is 5.91 Å². The number of hydrogen-bond acceptors (Lipinski definition) is 4. The summed E-state index contributed by atoms with van der Waals surface area (Å²) in [4.78, 5) is 18.8.